The maximum Gasteiger partial charge on any atom is 0.149 e. The fraction of sp³-hybridized carbons (Fsp3) is 1.00. The number of nitroso groups, excluding NO2 is 1. The van der Waals surface area contributed by atoms with Crippen LogP contribution in [-0.2, 0) is 4.74 Å². The molecule has 1 saturated heterocycles. The van der Waals surface area contributed by atoms with Crippen molar-refractivity contribution in [3.05, 3.63) is 4.91 Å². The molecule has 76 valence electrons. The van der Waals surface area contributed by atoms with Gasteiger partial charge in [-0.05, 0) is 6.92 Å². The van der Waals surface area contributed by atoms with Crippen LogP contribution >= 0.6 is 0 Å². The van der Waals surface area contributed by atoms with Gasteiger partial charge in [0.05, 0.1) is 12.7 Å². The smallest absolute Gasteiger partial charge is 0.149 e. The van der Waals surface area contributed by atoms with Gasteiger partial charge in [-0.2, -0.15) is 4.91 Å². The number of hydrogen-bond donors (Lipinski definition) is 3. The molecule has 0 aliphatic carbocycles. The van der Waals surface area contributed by atoms with Crippen LogP contribution in [0, 0.1) is 4.91 Å². The number of aliphatic hydroxyl groups is 3. The average molecular weight is 191 g/mol. The van der Waals surface area contributed by atoms with E-state index >= 15 is 0 Å². The van der Waals surface area contributed by atoms with E-state index in [1.807, 2.05) is 0 Å². The zero-order valence-corrected chi connectivity index (χ0v) is 7.20. The maximum absolute atomic E-state index is 10.3. The largest absolute Gasteiger partial charge is 0.394 e. The molecule has 6 heteroatoms. The lowest BCUT2D eigenvalue weighted by Gasteiger charge is -2.37. The van der Waals surface area contributed by atoms with Gasteiger partial charge in [0.15, 0.2) is 0 Å². The highest BCUT2D eigenvalue weighted by molar-refractivity contribution is 4.94. The van der Waals surface area contributed by atoms with Crippen molar-refractivity contribution < 1.29 is 20.1 Å². The zero-order chi connectivity index (χ0) is 10.0. The minimum Gasteiger partial charge on any atom is -0.394 e. The van der Waals surface area contributed by atoms with Gasteiger partial charge >= 0.3 is 0 Å². The summed E-state index contributed by atoms with van der Waals surface area (Å²) >= 11 is 0. The number of aliphatic hydroxyl groups excluding tert-OH is 3. The second-order valence-corrected chi connectivity index (χ2v) is 3.14. The number of rotatable bonds is 2. The Hall–Kier alpha value is -0.560. The second-order valence-electron chi connectivity index (χ2n) is 3.14. The highest BCUT2D eigenvalue weighted by Gasteiger charge is 2.43. The summed E-state index contributed by atoms with van der Waals surface area (Å²) in [4.78, 5) is 10.3. The van der Waals surface area contributed by atoms with Crippen molar-refractivity contribution >= 4 is 0 Å². The summed E-state index contributed by atoms with van der Waals surface area (Å²) in [6.07, 6.45) is -3.81. The van der Waals surface area contributed by atoms with E-state index in [-0.39, 0.29) is 0 Å². The molecule has 0 spiro atoms. The normalized spacial score (nSPS) is 46.0. The highest BCUT2D eigenvalue weighted by atomic mass is 16.5. The Labute approximate surface area is 75.1 Å². The van der Waals surface area contributed by atoms with E-state index in [4.69, 9.17) is 9.84 Å². The third kappa shape index (κ3) is 1.86. The van der Waals surface area contributed by atoms with Crippen LogP contribution in [0.25, 0.3) is 0 Å². The van der Waals surface area contributed by atoms with Gasteiger partial charge < -0.3 is 20.1 Å². The molecule has 13 heavy (non-hydrogen) atoms. The average Bonchev–Trinajstić information content (AvgIpc) is 2.12. The summed E-state index contributed by atoms with van der Waals surface area (Å²) in [7, 11) is 0. The molecule has 5 atom stereocenters. The molecule has 0 amide bonds. The van der Waals surface area contributed by atoms with E-state index in [1.165, 1.54) is 0 Å². The Bertz CT molecular complexity index is 188. The first kappa shape index (κ1) is 10.5. The van der Waals surface area contributed by atoms with Crippen LogP contribution in [0.15, 0.2) is 5.18 Å². The fourth-order valence-corrected chi connectivity index (χ4v) is 1.41. The molecule has 6 nitrogen and oxygen atoms in total. The van der Waals surface area contributed by atoms with Crippen molar-refractivity contribution in [1.29, 1.82) is 0 Å². The minimum atomic E-state index is -1.24. The highest BCUT2D eigenvalue weighted by Crippen LogP contribution is 2.22. The quantitative estimate of drug-likeness (QED) is 0.467. The van der Waals surface area contributed by atoms with Gasteiger partial charge in [0.1, 0.15) is 24.4 Å². The Balaban J connectivity index is 2.74. The maximum atomic E-state index is 10.3. The van der Waals surface area contributed by atoms with Gasteiger partial charge in [-0.1, -0.05) is 5.18 Å². The molecular weight excluding hydrogens is 178 g/mol. The summed E-state index contributed by atoms with van der Waals surface area (Å²) in [5, 5.41) is 30.1. The number of nitrogens with zero attached hydrogens (tertiary/aromatic N) is 1. The first-order valence-corrected chi connectivity index (χ1v) is 4.06. The fourth-order valence-electron chi connectivity index (χ4n) is 1.41. The zero-order valence-electron chi connectivity index (χ0n) is 7.20. The Morgan fingerprint density at radius 3 is 2.46 bits per heavy atom. The van der Waals surface area contributed by atoms with E-state index in [1.54, 1.807) is 6.92 Å². The van der Waals surface area contributed by atoms with Gasteiger partial charge in [0, 0.05) is 0 Å². The molecule has 0 aromatic carbocycles. The molecule has 0 saturated carbocycles. The van der Waals surface area contributed by atoms with E-state index in [0.717, 1.165) is 0 Å². The molecular formula is C7H13NO5. The van der Waals surface area contributed by atoms with E-state index < -0.39 is 37.1 Å². The Morgan fingerprint density at radius 2 is 2.00 bits per heavy atom. The molecule has 1 aliphatic heterocycles. The van der Waals surface area contributed by atoms with E-state index in [2.05, 4.69) is 5.18 Å². The van der Waals surface area contributed by atoms with Crippen molar-refractivity contribution in [3.8, 4) is 0 Å². The van der Waals surface area contributed by atoms with Crippen molar-refractivity contribution in [3.63, 3.8) is 0 Å². The second kappa shape index (κ2) is 4.10. The lowest BCUT2D eigenvalue weighted by atomic mass is 9.94. The van der Waals surface area contributed by atoms with Crippen LogP contribution in [0.3, 0.4) is 0 Å². The van der Waals surface area contributed by atoms with Crippen molar-refractivity contribution in [1.82, 2.24) is 0 Å². The predicted molar refractivity (Wildman–Crippen MR) is 43.0 cm³/mol. The first-order valence-electron chi connectivity index (χ1n) is 4.06. The SMILES string of the molecule is C[C@H]1O[C@@H](CO)[C@H](O)[C@@H](N=O)[C@@H]1O. The Morgan fingerprint density at radius 1 is 1.38 bits per heavy atom. The molecule has 0 aromatic heterocycles. The third-order valence-corrected chi connectivity index (χ3v) is 2.25. The Kier molecular flexibility index (Phi) is 3.32. The van der Waals surface area contributed by atoms with Crippen LogP contribution in [-0.4, -0.2) is 52.4 Å². The summed E-state index contributed by atoms with van der Waals surface area (Å²) < 4.78 is 5.04. The van der Waals surface area contributed by atoms with Crippen LogP contribution in [0.4, 0.5) is 0 Å². The van der Waals surface area contributed by atoms with Gasteiger partial charge in [-0.25, -0.2) is 0 Å². The summed E-state index contributed by atoms with van der Waals surface area (Å²) in [6.45, 7) is 1.15. The molecule has 0 radical (unpaired) electrons. The predicted octanol–water partition coefficient (Wildman–Crippen LogP) is -1.38. The van der Waals surface area contributed by atoms with Crippen LogP contribution in [0.1, 0.15) is 6.92 Å². The molecule has 3 N–H and O–H groups in total. The van der Waals surface area contributed by atoms with Crippen molar-refractivity contribution in [2.45, 2.75) is 37.4 Å². The summed E-state index contributed by atoms with van der Waals surface area (Å²) in [6, 6.07) is -1.12. The first-order chi connectivity index (χ1) is 6.11. The van der Waals surface area contributed by atoms with E-state index in [0.29, 0.717) is 0 Å². The summed E-state index contributed by atoms with van der Waals surface area (Å²) in [5.41, 5.74) is 0. The lowest BCUT2D eigenvalue weighted by Crippen LogP contribution is -2.56. The minimum absolute atomic E-state index is 0.399. The monoisotopic (exact) mass is 191 g/mol. The number of hydrogen-bond acceptors (Lipinski definition) is 6. The topological polar surface area (TPSA) is 99.4 Å². The van der Waals surface area contributed by atoms with Crippen LogP contribution in [0.2, 0.25) is 0 Å². The standard InChI is InChI=1S/C7H13NO5/c1-3-6(10)5(8-12)7(11)4(2-9)13-3/h3-7,9-11H,2H2,1H3/t3-,4+,5+,6-,7+/m1/s1. The van der Waals surface area contributed by atoms with Gasteiger partial charge in [-0.3, -0.25) is 0 Å². The van der Waals surface area contributed by atoms with Crippen molar-refractivity contribution in [2.75, 3.05) is 6.61 Å². The molecule has 0 bridgehead atoms. The molecule has 1 fully saturated rings. The number of ether oxygens (including phenoxy) is 1. The summed E-state index contributed by atoms with van der Waals surface area (Å²) in [5.74, 6) is 0. The molecule has 1 rings (SSSR count). The third-order valence-electron chi connectivity index (χ3n) is 2.25. The van der Waals surface area contributed by atoms with Crippen LogP contribution in [0.5, 0.6) is 0 Å². The molecule has 0 aromatic rings. The van der Waals surface area contributed by atoms with Gasteiger partial charge in [-0.15, -0.1) is 0 Å². The molecule has 1 heterocycles. The van der Waals surface area contributed by atoms with Crippen molar-refractivity contribution in [2.24, 2.45) is 5.18 Å². The molecule has 0 unspecified atom stereocenters. The molecule has 1 aliphatic rings. The van der Waals surface area contributed by atoms with Crippen LogP contribution < -0.4 is 0 Å². The lowest BCUT2D eigenvalue weighted by molar-refractivity contribution is -0.182. The van der Waals surface area contributed by atoms with Gasteiger partial charge in [0.25, 0.3) is 0 Å². The van der Waals surface area contributed by atoms with Gasteiger partial charge in [0.2, 0.25) is 0 Å². The van der Waals surface area contributed by atoms with E-state index in [9.17, 15) is 15.1 Å².